The summed E-state index contributed by atoms with van der Waals surface area (Å²) < 4.78 is 2.08. The van der Waals surface area contributed by atoms with Crippen molar-refractivity contribution in [2.45, 2.75) is 13.1 Å². The Hall–Kier alpha value is -2.30. The zero-order chi connectivity index (χ0) is 13.1. The highest BCUT2D eigenvalue weighted by Crippen LogP contribution is 2.10. The average molecular weight is 256 g/mol. The minimum Gasteiger partial charge on any atom is -0.336 e. The van der Waals surface area contributed by atoms with Gasteiger partial charge in [0.25, 0.3) is 0 Å². The zero-order valence-electron chi connectivity index (χ0n) is 10.6. The zero-order valence-corrected chi connectivity index (χ0v) is 10.6. The van der Waals surface area contributed by atoms with E-state index >= 15 is 0 Å². The van der Waals surface area contributed by atoms with Gasteiger partial charge >= 0.3 is 6.03 Å². The fourth-order valence-electron chi connectivity index (χ4n) is 2.26. The van der Waals surface area contributed by atoms with Crippen LogP contribution in [0.2, 0.25) is 0 Å². The third kappa shape index (κ3) is 2.59. The number of hydrogen-bond acceptors (Lipinski definition) is 2. The minimum absolute atomic E-state index is 0.00691. The third-order valence-corrected chi connectivity index (χ3v) is 3.29. The van der Waals surface area contributed by atoms with Crippen molar-refractivity contribution >= 4 is 6.03 Å². The molecular weight excluding hydrogens is 240 g/mol. The lowest BCUT2D eigenvalue weighted by atomic mass is 10.2. The van der Waals surface area contributed by atoms with E-state index in [4.69, 9.17) is 0 Å². The topological polar surface area (TPSA) is 50.2 Å². The fraction of sp³-hybridized carbons (Fsp3) is 0.286. The van der Waals surface area contributed by atoms with Gasteiger partial charge in [0.15, 0.2) is 0 Å². The van der Waals surface area contributed by atoms with Crippen molar-refractivity contribution in [1.29, 1.82) is 0 Å². The molecule has 1 N–H and O–H groups in total. The number of benzene rings is 1. The smallest absolute Gasteiger partial charge is 0.317 e. The summed E-state index contributed by atoms with van der Waals surface area (Å²) in [4.78, 5) is 17.5. The summed E-state index contributed by atoms with van der Waals surface area (Å²) in [6.07, 6.45) is 3.64. The molecule has 1 aromatic heterocycles. The second-order valence-corrected chi connectivity index (χ2v) is 4.65. The van der Waals surface area contributed by atoms with E-state index in [9.17, 15) is 4.79 Å². The number of aromatic nitrogens is 2. The molecular formula is C14H16N4O. The molecule has 1 aliphatic heterocycles. The summed E-state index contributed by atoms with van der Waals surface area (Å²) in [5.41, 5.74) is 2.29. The van der Waals surface area contributed by atoms with E-state index in [-0.39, 0.29) is 6.03 Å². The Kier molecular flexibility index (Phi) is 3.18. The van der Waals surface area contributed by atoms with Gasteiger partial charge in [0.05, 0.1) is 18.6 Å². The third-order valence-electron chi connectivity index (χ3n) is 3.29. The Morgan fingerprint density at radius 1 is 1.21 bits per heavy atom. The highest BCUT2D eigenvalue weighted by molar-refractivity contribution is 5.76. The molecule has 2 aromatic rings. The van der Waals surface area contributed by atoms with Gasteiger partial charge in [0, 0.05) is 25.8 Å². The molecule has 19 heavy (non-hydrogen) atoms. The summed E-state index contributed by atoms with van der Waals surface area (Å²) in [5.74, 6) is 0. The number of nitrogens with zero attached hydrogens (tertiary/aromatic N) is 3. The Labute approximate surface area is 111 Å². The van der Waals surface area contributed by atoms with Crippen LogP contribution in [-0.2, 0) is 13.1 Å². The second-order valence-electron chi connectivity index (χ2n) is 4.65. The summed E-state index contributed by atoms with van der Waals surface area (Å²) in [6.45, 7) is 2.88. The van der Waals surface area contributed by atoms with Crippen molar-refractivity contribution in [2.75, 3.05) is 13.1 Å². The van der Waals surface area contributed by atoms with Crippen LogP contribution in [0.4, 0.5) is 4.79 Å². The summed E-state index contributed by atoms with van der Waals surface area (Å²) in [7, 11) is 0. The predicted octanol–water partition coefficient (Wildman–Crippen LogP) is 1.46. The second kappa shape index (κ2) is 5.14. The molecule has 0 bridgehead atoms. The van der Waals surface area contributed by atoms with E-state index in [2.05, 4.69) is 27.0 Å². The van der Waals surface area contributed by atoms with Crippen molar-refractivity contribution in [3.8, 4) is 0 Å². The van der Waals surface area contributed by atoms with E-state index in [1.165, 1.54) is 5.56 Å². The van der Waals surface area contributed by atoms with E-state index in [0.29, 0.717) is 6.54 Å². The molecule has 0 spiro atoms. The van der Waals surface area contributed by atoms with Crippen molar-refractivity contribution in [1.82, 2.24) is 19.8 Å². The molecule has 0 radical (unpaired) electrons. The molecule has 5 heteroatoms. The first-order valence-electron chi connectivity index (χ1n) is 6.38. The molecule has 1 fully saturated rings. The molecule has 2 heterocycles. The quantitative estimate of drug-likeness (QED) is 0.900. The van der Waals surface area contributed by atoms with Crippen LogP contribution >= 0.6 is 0 Å². The first kappa shape index (κ1) is 11.8. The van der Waals surface area contributed by atoms with Crippen LogP contribution in [0.25, 0.3) is 0 Å². The van der Waals surface area contributed by atoms with Crippen molar-refractivity contribution in [3.05, 3.63) is 54.1 Å². The van der Waals surface area contributed by atoms with Gasteiger partial charge in [-0.1, -0.05) is 30.3 Å². The first-order chi connectivity index (χ1) is 9.33. The van der Waals surface area contributed by atoms with Crippen LogP contribution in [0.5, 0.6) is 0 Å². The van der Waals surface area contributed by atoms with Crippen LogP contribution in [0.1, 0.15) is 11.3 Å². The molecule has 98 valence electrons. The van der Waals surface area contributed by atoms with Gasteiger partial charge in [-0.2, -0.15) is 0 Å². The van der Waals surface area contributed by atoms with Gasteiger partial charge < -0.3 is 14.8 Å². The Morgan fingerprint density at radius 3 is 2.79 bits per heavy atom. The molecule has 1 aromatic carbocycles. The highest BCUT2D eigenvalue weighted by Gasteiger charge is 2.20. The van der Waals surface area contributed by atoms with Crippen molar-refractivity contribution in [2.24, 2.45) is 0 Å². The Bertz CT molecular complexity index is 564. The maximum atomic E-state index is 11.6. The van der Waals surface area contributed by atoms with Crippen LogP contribution in [-0.4, -0.2) is 33.6 Å². The molecule has 3 rings (SSSR count). The monoisotopic (exact) mass is 256 g/mol. The molecule has 0 unspecified atom stereocenters. The number of carbonyl (C=O) groups is 1. The van der Waals surface area contributed by atoms with Gasteiger partial charge in [-0.15, -0.1) is 0 Å². The van der Waals surface area contributed by atoms with Gasteiger partial charge in [-0.05, 0) is 5.56 Å². The summed E-state index contributed by atoms with van der Waals surface area (Å²) in [6, 6.07) is 10.2. The molecule has 0 saturated carbocycles. The number of carbonyl (C=O) groups excluding carboxylic acids is 1. The average Bonchev–Trinajstić information content (AvgIpc) is 3.02. The van der Waals surface area contributed by atoms with E-state index in [1.54, 1.807) is 4.90 Å². The van der Waals surface area contributed by atoms with Crippen LogP contribution in [0.15, 0.2) is 42.9 Å². The number of amides is 2. The highest BCUT2D eigenvalue weighted by atomic mass is 16.2. The number of nitrogens with one attached hydrogen (secondary N) is 1. The summed E-state index contributed by atoms with van der Waals surface area (Å²) >= 11 is 0. The molecule has 1 saturated heterocycles. The molecule has 2 amide bonds. The SMILES string of the molecule is O=C1NCCN1Cc1cncn1Cc1ccccc1. The van der Waals surface area contributed by atoms with Crippen LogP contribution in [0.3, 0.4) is 0 Å². The maximum Gasteiger partial charge on any atom is 0.317 e. The normalized spacial score (nSPS) is 14.7. The van der Waals surface area contributed by atoms with Crippen molar-refractivity contribution in [3.63, 3.8) is 0 Å². The lowest BCUT2D eigenvalue weighted by Crippen LogP contribution is -2.28. The lowest BCUT2D eigenvalue weighted by Gasteiger charge is -2.15. The number of urea groups is 1. The van der Waals surface area contributed by atoms with Crippen LogP contribution in [0, 0.1) is 0 Å². The van der Waals surface area contributed by atoms with Gasteiger partial charge in [0.2, 0.25) is 0 Å². The Balaban J connectivity index is 1.73. The van der Waals surface area contributed by atoms with E-state index in [0.717, 1.165) is 25.3 Å². The molecule has 1 aliphatic rings. The Morgan fingerprint density at radius 2 is 2.05 bits per heavy atom. The lowest BCUT2D eigenvalue weighted by molar-refractivity contribution is 0.214. The minimum atomic E-state index is 0.00691. The predicted molar refractivity (Wildman–Crippen MR) is 71.6 cm³/mol. The largest absolute Gasteiger partial charge is 0.336 e. The number of rotatable bonds is 4. The molecule has 0 atom stereocenters. The maximum absolute atomic E-state index is 11.6. The van der Waals surface area contributed by atoms with E-state index < -0.39 is 0 Å². The fourth-order valence-corrected chi connectivity index (χ4v) is 2.26. The van der Waals surface area contributed by atoms with Gasteiger partial charge in [-0.25, -0.2) is 9.78 Å². The molecule has 5 nitrogen and oxygen atoms in total. The number of hydrogen-bond donors (Lipinski definition) is 1. The van der Waals surface area contributed by atoms with Crippen molar-refractivity contribution < 1.29 is 4.79 Å². The summed E-state index contributed by atoms with van der Waals surface area (Å²) in [5, 5.41) is 2.81. The van der Waals surface area contributed by atoms with E-state index in [1.807, 2.05) is 30.7 Å². The van der Waals surface area contributed by atoms with Gasteiger partial charge in [-0.3, -0.25) is 0 Å². The van der Waals surface area contributed by atoms with Gasteiger partial charge in [0.1, 0.15) is 0 Å². The standard InChI is InChI=1S/C14H16N4O/c19-14-16-6-7-17(14)10-13-8-15-11-18(13)9-12-4-2-1-3-5-12/h1-5,8,11H,6-7,9-10H2,(H,16,19). The molecule has 0 aliphatic carbocycles. The number of imidazole rings is 1. The first-order valence-corrected chi connectivity index (χ1v) is 6.38. The van der Waals surface area contributed by atoms with Crippen LogP contribution < -0.4 is 5.32 Å².